The highest BCUT2D eigenvalue weighted by molar-refractivity contribution is 5.89. The molecule has 1 aromatic rings. The van der Waals surface area contributed by atoms with Crippen molar-refractivity contribution in [2.45, 2.75) is 20.3 Å². The summed E-state index contributed by atoms with van der Waals surface area (Å²) in [5.74, 6) is 4.79. The fraction of sp³-hybridized carbons (Fsp3) is 0.333. The predicted molar refractivity (Wildman–Crippen MR) is 70.5 cm³/mol. The molecule has 1 aromatic carbocycles. The zero-order valence-electron chi connectivity index (χ0n) is 11.1. The summed E-state index contributed by atoms with van der Waals surface area (Å²) in [6, 6.07) is 6.78. The van der Waals surface area contributed by atoms with Crippen molar-refractivity contribution in [2.75, 3.05) is 13.2 Å². The van der Waals surface area contributed by atoms with E-state index >= 15 is 0 Å². The van der Waals surface area contributed by atoms with Crippen molar-refractivity contribution in [1.82, 2.24) is 0 Å². The van der Waals surface area contributed by atoms with E-state index in [0.717, 1.165) is 0 Å². The van der Waals surface area contributed by atoms with Crippen LogP contribution in [-0.4, -0.2) is 25.2 Å². The summed E-state index contributed by atoms with van der Waals surface area (Å²) >= 11 is 0. The second-order valence-corrected chi connectivity index (χ2v) is 3.58. The Kier molecular flexibility index (Phi) is 6.17. The molecule has 4 nitrogen and oxygen atoms in total. The van der Waals surface area contributed by atoms with Gasteiger partial charge in [-0.05, 0) is 32.0 Å². The van der Waals surface area contributed by atoms with Crippen LogP contribution in [0.1, 0.15) is 36.2 Å². The smallest absolute Gasteiger partial charge is 0.338 e. The van der Waals surface area contributed by atoms with Gasteiger partial charge in [-0.25, -0.2) is 4.79 Å². The summed E-state index contributed by atoms with van der Waals surface area (Å²) in [6.07, 6.45) is 0.0392. The first kappa shape index (κ1) is 14.8. The topological polar surface area (TPSA) is 52.6 Å². The van der Waals surface area contributed by atoms with Crippen molar-refractivity contribution in [3.8, 4) is 11.8 Å². The van der Waals surface area contributed by atoms with Gasteiger partial charge in [-0.1, -0.05) is 17.9 Å². The minimum atomic E-state index is -0.378. The van der Waals surface area contributed by atoms with E-state index in [4.69, 9.17) is 9.47 Å². The van der Waals surface area contributed by atoms with Gasteiger partial charge in [-0.15, -0.1) is 0 Å². The SMILES string of the molecule is CCOC(=O)CC#Cc1cccc(C(=O)OCC)c1. The van der Waals surface area contributed by atoms with Gasteiger partial charge in [0, 0.05) is 5.56 Å². The molecule has 0 saturated heterocycles. The average molecular weight is 260 g/mol. The molecule has 1 rings (SSSR count). The molecular weight excluding hydrogens is 244 g/mol. The van der Waals surface area contributed by atoms with Gasteiger partial charge >= 0.3 is 11.9 Å². The Balaban J connectivity index is 2.70. The van der Waals surface area contributed by atoms with E-state index in [-0.39, 0.29) is 18.4 Å². The molecule has 0 saturated carbocycles. The Bertz CT molecular complexity index is 508. The third kappa shape index (κ3) is 5.26. The Morgan fingerprint density at radius 2 is 1.89 bits per heavy atom. The van der Waals surface area contributed by atoms with E-state index in [1.54, 1.807) is 38.1 Å². The summed E-state index contributed by atoms with van der Waals surface area (Å²) in [7, 11) is 0. The molecule has 0 aliphatic rings. The number of carbonyl (C=O) groups is 2. The Morgan fingerprint density at radius 3 is 2.58 bits per heavy atom. The van der Waals surface area contributed by atoms with Crippen molar-refractivity contribution in [2.24, 2.45) is 0 Å². The van der Waals surface area contributed by atoms with E-state index in [0.29, 0.717) is 24.3 Å². The van der Waals surface area contributed by atoms with Crippen LogP contribution in [0.25, 0.3) is 0 Å². The molecule has 19 heavy (non-hydrogen) atoms. The molecule has 0 N–H and O–H groups in total. The monoisotopic (exact) mass is 260 g/mol. The van der Waals surface area contributed by atoms with Gasteiger partial charge in [-0.2, -0.15) is 0 Å². The van der Waals surface area contributed by atoms with Gasteiger partial charge in [0.1, 0.15) is 6.42 Å². The standard InChI is InChI=1S/C15H16O4/c1-3-18-14(16)10-6-8-12-7-5-9-13(11-12)15(17)19-4-2/h5,7,9,11H,3-4,10H2,1-2H3. The second kappa shape index (κ2) is 7.93. The Morgan fingerprint density at radius 1 is 1.16 bits per heavy atom. The summed E-state index contributed by atoms with van der Waals surface area (Å²) in [5.41, 5.74) is 1.11. The van der Waals surface area contributed by atoms with Gasteiger partial charge in [0.15, 0.2) is 0 Å². The van der Waals surface area contributed by atoms with Crippen LogP contribution >= 0.6 is 0 Å². The molecule has 100 valence electrons. The average Bonchev–Trinajstić information content (AvgIpc) is 2.40. The summed E-state index contributed by atoms with van der Waals surface area (Å²) in [5, 5.41) is 0. The van der Waals surface area contributed by atoms with Gasteiger partial charge in [0.05, 0.1) is 18.8 Å². The normalized spacial score (nSPS) is 9.16. The number of esters is 2. The van der Waals surface area contributed by atoms with Crippen molar-refractivity contribution in [3.05, 3.63) is 35.4 Å². The maximum atomic E-state index is 11.5. The first-order chi connectivity index (χ1) is 9.17. The van der Waals surface area contributed by atoms with E-state index in [9.17, 15) is 9.59 Å². The molecule has 0 heterocycles. The minimum Gasteiger partial charge on any atom is -0.465 e. The zero-order valence-corrected chi connectivity index (χ0v) is 11.1. The zero-order chi connectivity index (χ0) is 14.1. The van der Waals surface area contributed by atoms with Crippen LogP contribution in [0.3, 0.4) is 0 Å². The molecule has 0 amide bonds. The third-order valence-electron chi connectivity index (χ3n) is 2.14. The van der Waals surface area contributed by atoms with E-state index in [1.165, 1.54) is 0 Å². The fourth-order valence-corrected chi connectivity index (χ4v) is 1.37. The third-order valence-corrected chi connectivity index (χ3v) is 2.14. The maximum Gasteiger partial charge on any atom is 0.338 e. The van der Waals surface area contributed by atoms with Crippen molar-refractivity contribution >= 4 is 11.9 Å². The van der Waals surface area contributed by atoms with Crippen molar-refractivity contribution < 1.29 is 19.1 Å². The number of benzene rings is 1. The van der Waals surface area contributed by atoms with Crippen molar-refractivity contribution in [1.29, 1.82) is 0 Å². The lowest BCUT2D eigenvalue weighted by molar-refractivity contribution is -0.141. The molecule has 0 aliphatic carbocycles. The quantitative estimate of drug-likeness (QED) is 0.615. The molecule has 0 atom stereocenters. The lowest BCUT2D eigenvalue weighted by atomic mass is 10.1. The summed E-state index contributed by atoms with van der Waals surface area (Å²) in [4.78, 5) is 22.6. The lowest BCUT2D eigenvalue weighted by Crippen LogP contribution is -2.04. The van der Waals surface area contributed by atoms with E-state index < -0.39 is 0 Å². The molecular formula is C15H16O4. The highest BCUT2D eigenvalue weighted by atomic mass is 16.5. The van der Waals surface area contributed by atoms with Crippen LogP contribution in [0, 0.1) is 11.8 Å². The number of rotatable bonds is 4. The lowest BCUT2D eigenvalue weighted by Gasteiger charge is -2.01. The van der Waals surface area contributed by atoms with Crippen LogP contribution < -0.4 is 0 Å². The first-order valence-corrected chi connectivity index (χ1v) is 6.09. The van der Waals surface area contributed by atoms with Gasteiger partial charge in [0.25, 0.3) is 0 Å². The number of hydrogen-bond acceptors (Lipinski definition) is 4. The van der Waals surface area contributed by atoms with Crippen LogP contribution in [-0.2, 0) is 14.3 Å². The molecule has 0 radical (unpaired) electrons. The highest BCUT2D eigenvalue weighted by Gasteiger charge is 2.05. The molecule has 4 heteroatoms. The fourth-order valence-electron chi connectivity index (χ4n) is 1.37. The second-order valence-electron chi connectivity index (χ2n) is 3.58. The van der Waals surface area contributed by atoms with Gasteiger partial charge < -0.3 is 9.47 Å². The molecule has 0 unspecified atom stereocenters. The molecule has 0 aliphatic heterocycles. The number of hydrogen-bond donors (Lipinski definition) is 0. The maximum absolute atomic E-state index is 11.5. The molecule has 0 spiro atoms. The van der Waals surface area contributed by atoms with Crippen LogP contribution in [0.15, 0.2) is 24.3 Å². The van der Waals surface area contributed by atoms with E-state index in [2.05, 4.69) is 11.8 Å². The molecule has 0 aromatic heterocycles. The number of ether oxygens (including phenoxy) is 2. The molecule has 0 fully saturated rings. The summed E-state index contributed by atoms with van der Waals surface area (Å²) in [6.45, 7) is 4.17. The van der Waals surface area contributed by atoms with Crippen LogP contribution in [0.2, 0.25) is 0 Å². The van der Waals surface area contributed by atoms with Gasteiger partial charge in [0.2, 0.25) is 0 Å². The largest absolute Gasteiger partial charge is 0.465 e. The van der Waals surface area contributed by atoms with E-state index in [1.807, 2.05) is 0 Å². The molecule has 0 bridgehead atoms. The predicted octanol–water partition coefficient (Wildman–Crippen LogP) is 2.17. The van der Waals surface area contributed by atoms with Crippen LogP contribution in [0.5, 0.6) is 0 Å². The van der Waals surface area contributed by atoms with Gasteiger partial charge in [-0.3, -0.25) is 4.79 Å². The highest BCUT2D eigenvalue weighted by Crippen LogP contribution is 2.06. The minimum absolute atomic E-state index is 0.0392. The van der Waals surface area contributed by atoms with Crippen LogP contribution in [0.4, 0.5) is 0 Å². The van der Waals surface area contributed by atoms with Crippen molar-refractivity contribution in [3.63, 3.8) is 0 Å². The summed E-state index contributed by atoms with van der Waals surface area (Å²) < 4.78 is 9.65. The first-order valence-electron chi connectivity index (χ1n) is 6.09. The Labute approximate surface area is 112 Å². The number of carbonyl (C=O) groups excluding carboxylic acids is 2. The Hall–Kier alpha value is -2.28.